The molecular formula is C8H13N3O2. The fraction of sp³-hybridized carbons (Fsp3) is 0.500. The van der Waals surface area contributed by atoms with Gasteiger partial charge in [0.05, 0.1) is 12.3 Å². The van der Waals surface area contributed by atoms with E-state index in [9.17, 15) is 0 Å². The molecule has 3 N–H and O–H groups in total. The van der Waals surface area contributed by atoms with E-state index < -0.39 is 0 Å². The van der Waals surface area contributed by atoms with Crippen LogP contribution in [-0.4, -0.2) is 28.3 Å². The maximum absolute atomic E-state index is 8.50. The Bertz CT molecular complexity index is 255. The molecule has 0 aliphatic heterocycles. The Balaban J connectivity index is 2.46. The number of hydrogen-bond donors (Lipinski definition) is 2. The van der Waals surface area contributed by atoms with E-state index in [-0.39, 0.29) is 6.61 Å². The summed E-state index contributed by atoms with van der Waals surface area (Å²) in [5.41, 5.74) is 6.13. The number of ether oxygens (including phenoxy) is 1. The van der Waals surface area contributed by atoms with Crippen LogP contribution in [0.3, 0.4) is 0 Å². The minimum absolute atomic E-state index is 0.108. The van der Waals surface area contributed by atoms with Crippen molar-refractivity contribution in [1.82, 2.24) is 9.97 Å². The van der Waals surface area contributed by atoms with Gasteiger partial charge in [0.25, 0.3) is 0 Å². The zero-order chi connectivity index (χ0) is 9.52. The monoisotopic (exact) mass is 183 g/mol. The molecule has 0 atom stereocenters. The van der Waals surface area contributed by atoms with E-state index in [0.29, 0.717) is 25.6 Å². The number of aliphatic hydroxyl groups is 1. The van der Waals surface area contributed by atoms with E-state index in [1.807, 2.05) is 0 Å². The Morgan fingerprint density at radius 2 is 2.38 bits per heavy atom. The molecule has 5 nitrogen and oxygen atoms in total. The van der Waals surface area contributed by atoms with Crippen molar-refractivity contribution in [3.63, 3.8) is 0 Å². The minimum atomic E-state index is 0.108. The Morgan fingerprint density at radius 1 is 1.54 bits per heavy atom. The van der Waals surface area contributed by atoms with Crippen LogP contribution < -0.4 is 10.5 Å². The Kier molecular flexibility index (Phi) is 4.14. The van der Waals surface area contributed by atoms with Crippen LogP contribution in [0, 0.1) is 0 Å². The lowest BCUT2D eigenvalue weighted by Gasteiger charge is -2.03. The van der Waals surface area contributed by atoms with Gasteiger partial charge in [0.15, 0.2) is 0 Å². The topological polar surface area (TPSA) is 81.3 Å². The van der Waals surface area contributed by atoms with E-state index in [1.54, 1.807) is 12.3 Å². The normalized spacial score (nSPS) is 10.0. The summed E-state index contributed by atoms with van der Waals surface area (Å²) in [6.45, 7) is 0.903. The van der Waals surface area contributed by atoms with E-state index in [2.05, 4.69) is 9.97 Å². The molecule has 0 spiro atoms. The van der Waals surface area contributed by atoms with E-state index >= 15 is 0 Å². The molecule has 0 amide bonds. The second-order valence-electron chi connectivity index (χ2n) is 2.46. The molecule has 0 aliphatic rings. The molecule has 0 saturated heterocycles. The molecule has 0 saturated carbocycles. The summed E-state index contributed by atoms with van der Waals surface area (Å²) >= 11 is 0. The summed E-state index contributed by atoms with van der Waals surface area (Å²) in [6, 6.07) is 2.05. The second kappa shape index (κ2) is 5.45. The van der Waals surface area contributed by atoms with Crippen LogP contribution in [0.2, 0.25) is 0 Å². The van der Waals surface area contributed by atoms with Crippen molar-refractivity contribution in [2.45, 2.75) is 13.0 Å². The summed E-state index contributed by atoms with van der Waals surface area (Å²) in [6.07, 6.45) is 2.18. The van der Waals surface area contributed by atoms with Crippen molar-refractivity contribution in [3.05, 3.63) is 18.0 Å². The van der Waals surface area contributed by atoms with Gasteiger partial charge in [-0.3, -0.25) is 0 Å². The van der Waals surface area contributed by atoms with Crippen LogP contribution in [0.1, 0.15) is 12.1 Å². The van der Waals surface area contributed by atoms with Gasteiger partial charge in [-0.15, -0.1) is 0 Å². The number of aliphatic hydroxyl groups excluding tert-OH is 1. The fourth-order valence-electron chi connectivity index (χ4n) is 0.787. The number of nitrogens with zero attached hydrogens (tertiary/aromatic N) is 2. The maximum Gasteiger partial charge on any atom is 0.316 e. The molecule has 0 radical (unpaired) electrons. The van der Waals surface area contributed by atoms with Crippen molar-refractivity contribution < 1.29 is 9.84 Å². The molecule has 0 aliphatic carbocycles. The lowest BCUT2D eigenvalue weighted by atomic mass is 10.4. The molecule has 0 aromatic carbocycles. The van der Waals surface area contributed by atoms with Crippen molar-refractivity contribution in [3.8, 4) is 6.01 Å². The smallest absolute Gasteiger partial charge is 0.316 e. The maximum atomic E-state index is 8.50. The third-order valence-corrected chi connectivity index (χ3v) is 1.43. The number of hydrogen-bond acceptors (Lipinski definition) is 5. The Labute approximate surface area is 76.6 Å². The SMILES string of the molecule is NCc1ccnc(OCCCO)n1. The lowest BCUT2D eigenvalue weighted by Crippen LogP contribution is -2.06. The summed E-state index contributed by atoms with van der Waals surface area (Å²) in [4.78, 5) is 7.91. The number of aromatic nitrogens is 2. The van der Waals surface area contributed by atoms with Crippen LogP contribution in [0.25, 0.3) is 0 Å². The third-order valence-electron chi connectivity index (χ3n) is 1.43. The molecule has 0 unspecified atom stereocenters. The number of nitrogens with two attached hydrogens (primary N) is 1. The molecular weight excluding hydrogens is 170 g/mol. The molecule has 72 valence electrons. The van der Waals surface area contributed by atoms with Crippen molar-refractivity contribution >= 4 is 0 Å². The van der Waals surface area contributed by atoms with Gasteiger partial charge in [-0.25, -0.2) is 4.98 Å². The standard InChI is InChI=1S/C8H13N3O2/c9-6-7-2-3-10-8(11-7)13-5-1-4-12/h2-3,12H,1,4-6,9H2. The molecule has 0 bridgehead atoms. The zero-order valence-corrected chi connectivity index (χ0v) is 7.31. The highest BCUT2D eigenvalue weighted by Gasteiger charge is 1.97. The molecule has 1 rings (SSSR count). The van der Waals surface area contributed by atoms with Gasteiger partial charge in [-0.05, 0) is 6.07 Å². The Hall–Kier alpha value is -1.20. The first-order chi connectivity index (χ1) is 6.36. The van der Waals surface area contributed by atoms with Gasteiger partial charge in [-0.1, -0.05) is 0 Å². The first-order valence-electron chi connectivity index (χ1n) is 4.12. The second-order valence-corrected chi connectivity index (χ2v) is 2.46. The lowest BCUT2D eigenvalue weighted by molar-refractivity contribution is 0.224. The summed E-state index contributed by atoms with van der Waals surface area (Å²) in [5.74, 6) is 0. The quantitative estimate of drug-likeness (QED) is 0.612. The zero-order valence-electron chi connectivity index (χ0n) is 7.31. The largest absolute Gasteiger partial charge is 0.463 e. The summed E-state index contributed by atoms with van der Waals surface area (Å²) in [5, 5.41) is 8.50. The van der Waals surface area contributed by atoms with Crippen molar-refractivity contribution in [2.24, 2.45) is 5.73 Å². The average molecular weight is 183 g/mol. The summed E-state index contributed by atoms with van der Waals surface area (Å²) in [7, 11) is 0. The van der Waals surface area contributed by atoms with Crippen LogP contribution in [0.4, 0.5) is 0 Å². The predicted molar refractivity (Wildman–Crippen MR) is 47.1 cm³/mol. The highest BCUT2D eigenvalue weighted by molar-refractivity contribution is 5.04. The van der Waals surface area contributed by atoms with Crippen LogP contribution >= 0.6 is 0 Å². The molecule has 1 aromatic heterocycles. The van der Waals surface area contributed by atoms with Gasteiger partial charge in [0, 0.05) is 25.8 Å². The molecule has 5 heteroatoms. The van der Waals surface area contributed by atoms with E-state index in [0.717, 1.165) is 5.69 Å². The minimum Gasteiger partial charge on any atom is -0.463 e. The molecule has 0 fully saturated rings. The molecule has 1 heterocycles. The number of rotatable bonds is 5. The van der Waals surface area contributed by atoms with Gasteiger partial charge in [0.1, 0.15) is 0 Å². The van der Waals surface area contributed by atoms with Crippen molar-refractivity contribution in [2.75, 3.05) is 13.2 Å². The first-order valence-corrected chi connectivity index (χ1v) is 4.12. The average Bonchev–Trinajstić information content (AvgIpc) is 2.19. The predicted octanol–water partition coefficient (Wildman–Crippen LogP) is -0.304. The van der Waals surface area contributed by atoms with Crippen LogP contribution in [0.5, 0.6) is 6.01 Å². The van der Waals surface area contributed by atoms with E-state index in [1.165, 1.54) is 0 Å². The summed E-state index contributed by atoms with van der Waals surface area (Å²) < 4.78 is 5.15. The highest BCUT2D eigenvalue weighted by Crippen LogP contribution is 2.02. The molecule has 1 aromatic rings. The van der Waals surface area contributed by atoms with Crippen LogP contribution in [0.15, 0.2) is 12.3 Å². The highest BCUT2D eigenvalue weighted by atomic mass is 16.5. The fourth-order valence-corrected chi connectivity index (χ4v) is 0.787. The van der Waals surface area contributed by atoms with E-state index in [4.69, 9.17) is 15.6 Å². The van der Waals surface area contributed by atoms with Crippen molar-refractivity contribution in [1.29, 1.82) is 0 Å². The van der Waals surface area contributed by atoms with Gasteiger partial charge in [0.2, 0.25) is 0 Å². The Morgan fingerprint density at radius 3 is 3.08 bits per heavy atom. The third kappa shape index (κ3) is 3.35. The van der Waals surface area contributed by atoms with Gasteiger partial charge >= 0.3 is 6.01 Å². The van der Waals surface area contributed by atoms with Crippen LogP contribution in [-0.2, 0) is 6.54 Å². The van der Waals surface area contributed by atoms with Gasteiger partial charge in [-0.2, -0.15) is 4.98 Å². The molecule has 13 heavy (non-hydrogen) atoms. The first kappa shape index (κ1) is 9.88. The van der Waals surface area contributed by atoms with Gasteiger partial charge < -0.3 is 15.6 Å².